The number of hydrogen-bond donors (Lipinski definition) is 1. The minimum Gasteiger partial charge on any atom is -0.381 e. The van der Waals surface area contributed by atoms with Gasteiger partial charge < -0.3 is 5.73 Å². The van der Waals surface area contributed by atoms with E-state index in [1.165, 1.54) is 6.33 Å². The molecule has 0 radical (unpaired) electrons. The largest absolute Gasteiger partial charge is 0.381 e. The standard InChI is InChI=1S/C24H16N10/c25-13-15-3-1-4-16(11-15)21-22(19-8-9-27-14-28-19)34-24(23(26)31-21)30-20(32-34)12-18-6-2-5-17-7-10-29-33(17)18/h1-11,14H,12H2,(H2,26,31). The second-order valence-corrected chi connectivity index (χ2v) is 7.61. The lowest BCUT2D eigenvalue weighted by Crippen LogP contribution is -2.06. The molecule has 0 atom stereocenters. The molecule has 5 heterocycles. The van der Waals surface area contributed by atoms with Crippen molar-refractivity contribution in [3.63, 3.8) is 0 Å². The van der Waals surface area contributed by atoms with Gasteiger partial charge in [0.05, 0.1) is 35.0 Å². The normalized spacial score (nSPS) is 11.1. The second kappa shape index (κ2) is 7.75. The third-order valence-electron chi connectivity index (χ3n) is 5.48. The van der Waals surface area contributed by atoms with Crippen LogP contribution < -0.4 is 5.73 Å². The minimum atomic E-state index is 0.228. The Morgan fingerprint density at radius 2 is 1.88 bits per heavy atom. The van der Waals surface area contributed by atoms with E-state index in [9.17, 15) is 5.26 Å². The molecule has 6 rings (SSSR count). The van der Waals surface area contributed by atoms with Gasteiger partial charge in [-0.3, -0.25) is 0 Å². The quantitative estimate of drug-likeness (QED) is 0.438. The zero-order chi connectivity index (χ0) is 23.1. The highest BCUT2D eigenvalue weighted by Crippen LogP contribution is 2.32. The molecule has 2 N–H and O–H groups in total. The van der Waals surface area contributed by atoms with E-state index in [-0.39, 0.29) is 5.82 Å². The van der Waals surface area contributed by atoms with Gasteiger partial charge in [-0.1, -0.05) is 18.2 Å². The highest BCUT2D eigenvalue weighted by Gasteiger charge is 2.21. The molecule has 0 bridgehead atoms. The van der Waals surface area contributed by atoms with Crippen molar-refractivity contribution in [3.05, 3.63) is 90.4 Å². The fourth-order valence-electron chi connectivity index (χ4n) is 3.98. The Labute approximate surface area is 193 Å². The van der Waals surface area contributed by atoms with Crippen LogP contribution in [0.4, 0.5) is 5.82 Å². The molecule has 34 heavy (non-hydrogen) atoms. The number of nitriles is 1. The van der Waals surface area contributed by atoms with Crippen LogP contribution in [0.2, 0.25) is 0 Å². The molecule has 0 aliphatic rings. The Hall–Kier alpha value is -5.17. The summed E-state index contributed by atoms with van der Waals surface area (Å²) in [5, 5.41) is 18.6. The number of nitrogens with zero attached hydrogens (tertiary/aromatic N) is 9. The van der Waals surface area contributed by atoms with Crippen LogP contribution in [0.1, 0.15) is 17.1 Å². The summed E-state index contributed by atoms with van der Waals surface area (Å²) in [5.41, 5.74) is 11.7. The molecule has 0 unspecified atom stereocenters. The van der Waals surface area contributed by atoms with E-state index in [2.05, 4.69) is 31.1 Å². The van der Waals surface area contributed by atoms with E-state index in [1.54, 1.807) is 41.2 Å². The van der Waals surface area contributed by atoms with Crippen molar-refractivity contribution in [2.45, 2.75) is 6.42 Å². The Morgan fingerprint density at radius 1 is 0.971 bits per heavy atom. The van der Waals surface area contributed by atoms with Crippen molar-refractivity contribution < 1.29 is 0 Å². The summed E-state index contributed by atoms with van der Waals surface area (Å²) < 4.78 is 3.52. The average Bonchev–Trinajstić information content (AvgIpc) is 3.53. The van der Waals surface area contributed by atoms with Crippen molar-refractivity contribution in [3.8, 4) is 28.7 Å². The van der Waals surface area contributed by atoms with Crippen LogP contribution in [-0.4, -0.2) is 39.2 Å². The van der Waals surface area contributed by atoms with Crippen LogP contribution in [0.25, 0.3) is 33.8 Å². The maximum Gasteiger partial charge on any atom is 0.198 e. The number of nitrogen functional groups attached to an aromatic ring is 1. The number of rotatable bonds is 4. The predicted molar refractivity (Wildman–Crippen MR) is 124 cm³/mol. The molecular weight excluding hydrogens is 428 g/mol. The molecule has 10 nitrogen and oxygen atoms in total. The van der Waals surface area contributed by atoms with Gasteiger partial charge in [0, 0.05) is 18.0 Å². The van der Waals surface area contributed by atoms with Crippen LogP contribution in [0.5, 0.6) is 0 Å². The molecule has 0 spiro atoms. The molecule has 0 fully saturated rings. The molecule has 0 amide bonds. The molecule has 6 aromatic rings. The molecule has 162 valence electrons. The molecular formula is C24H16N10. The molecule has 0 saturated carbocycles. The first-order valence-corrected chi connectivity index (χ1v) is 10.4. The predicted octanol–water partition coefficient (Wildman–Crippen LogP) is 2.94. The van der Waals surface area contributed by atoms with Gasteiger partial charge in [-0.2, -0.15) is 15.5 Å². The summed E-state index contributed by atoms with van der Waals surface area (Å²) >= 11 is 0. The summed E-state index contributed by atoms with van der Waals surface area (Å²) in [6, 6.07) is 19.0. The molecule has 1 aromatic carbocycles. The zero-order valence-corrected chi connectivity index (χ0v) is 17.7. The van der Waals surface area contributed by atoms with Gasteiger partial charge in [0.25, 0.3) is 0 Å². The van der Waals surface area contributed by atoms with Crippen molar-refractivity contribution in [1.29, 1.82) is 5.26 Å². The topological polar surface area (TPSA) is 136 Å². The SMILES string of the molecule is N#Cc1cccc(-c2nc(N)c3nc(Cc4cccc5ccnn45)nn3c2-c2ccncn2)c1. The first kappa shape index (κ1) is 19.5. The van der Waals surface area contributed by atoms with Gasteiger partial charge >= 0.3 is 0 Å². The second-order valence-electron chi connectivity index (χ2n) is 7.61. The van der Waals surface area contributed by atoms with Gasteiger partial charge in [0.15, 0.2) is 17.3 Å². The van der Waals surface area contributed by atoms with Crippen LogP contribution in [0.3, 0.4) is 0 Å². The van der Waals surface area contributed by atoms with E-state index < -0.39 is 0 Å². The number of hydrogen-bond acceptors (Lipinski definition) is 8. The van der Waals surface area contributed by atoms with Gasteiger partial charge in [-0.15, -0.1) is 0 Å². The highest BCUT2D eigenvalue weighted by atomic mass is 15.3. The van der Waals surface area contributed by atoms with Crippen molar-refractivity contribution in [1.82, 2.24) is 39.2 Å². The number of anilines is 1. The zero-order valence-electron chi connectivity index (χ0n) is 17.7. The Bertz CT molecular complexity index is 1710. The smallest absolute Gasteiger partial charge is 0.198 e. The Morgan fingerprint density at radius 3 is 2.74 bits per heavy atom. The van der Waals surface area contributed by atoms with Gasteiger partial charge in [0.2, 0.25) is 0 Å². The van der Waals surface area contributed by atoms with Crippen LogP contribution in [-0.2, 0) is 6.42 Å². The molecule has 10 heteroatoms. The fraction of sp³-hybridized carbons (Fsp3) is 0.0417. The first-order chi connectivity index (χ1) is 16.7. The van der Waals surface area contributed by atoms with Crippen molar-refractivity contribution in [2.75, 3.05) is 5.73 Å². The lowest BCUT2D eigenvalue weighted by molar-refractivity contribution is 0.834. The average molecular weight is 444 g/mol. The number of fused-ring (bicyclic) bond motifs is 2. The van der Waals surface area contributed by atoms with Crippen molar-refractivity contribution in [2.24, 2.45) is 0 Å². The van der Waals surface area contributed by atoms with Crippen LogP contribution >= 0.6 is 0 Å². The van der Waals surface area contributed by atoms with Gasteiger partial charge in [-0.05, 0) is 36.4 Å². The fourth-order valence-corrected chi connectivity index (χ4v) is 3.98. The van der Waals surface area contributed by atoms with Crippen LogP contribution in [0.15, 0.2) is 73.3 Å². The Kier molecular flexibility index (Phi) is 4.45. The third-order valence-corrected chi connectivity index (χ3v) is 5.48. The third kappa shape index (κ3) is 3.20. The Balaban J connectivity index is 1.58. The van der Waals surface area contributed by atoms with Crippen molar-refractivity contribution >= 4 is 17.0 Å². The summed E-state index contributed by atoms with van der Waals surface area (Å²) in [7, 11) is 0. The maximum absolute atomic E-state index is 9.37. The van der Waals surface area contributed by atoms with Gasteiger partial charge in [-0.25, -0.2) is 29.0 Å². The van der Waals surface area contributed by atoms with E-state index >= 15 is 0 Å². The minimum absolute atomic E-state index is 0.228. The van der Waals surface area contributed by atoms with Gasteiger partial charge in [0.1, 0.15) is 17.7 Å². The summed E-state index contributed by atoms with van der Waals surface area (Å²) in [5.74, 6) is 0.793. The summed E-state index contributed by atoms with van der Waals surface area (Å²) in [4.78, 5) is 17.8. The summed E-state index contributed by atoms with van der Waals surface area (Å²) in [6.07, 6.45) is 5.31. The van der Waals surface area contributed by atoms with E-state index in [0.717, 1.165) is 16.8 Å². The lowest BCUT2D eigenvalue weighted by Gasteiger charge is -2.11. The van der Waals surface area contributed by atoms with E-state index in [1.807, 2.05) is 34.8 Å². The monoisotopic (exact) mass is 444 g/mol. The number of benzene rings is 1. The molecule has 5 aromatic heterocycles. The highest BCUT2D eigenvalue weighted by molar-refractivity contribution is 5.81. The number of aromatic nitrogens is 8. The lowest BCUT2D eigenvalue weighted by atomic mass is 10.0. The maximum atomic E-state index is 9.37. The van der Waals surface area contributed by atoms with E-state index in [0.29, 0.717) is 40.5 Å². The first-order valence-electron chi connectivity index (χ1n) is 10.4. The molecule has 0 aliphatic heterocycles. The van der Waals surface area contributed by atoms with E-state index in [4.69, 9.17) is 10.8 Å². The number of nitrogens with two attached hydrogens (primary N) is 1. The summed E-state index contributed by atoms with van der Waals surface area (Å²) in [6.45, 7) is 0. The molecule has 0 aliphatic carbocycles. The van der Waals surface area contributed by atoms with Crippen LogP contribution in [0, 0.1) is 11.3 Å². The molecule has 0 saturated heterocycles. The number of pyridine rings is 1.